The standard InChI is InChI=1S/C64H107N2O6P/c1-6-8-10-12-14-16-18-20-21-22-23-24-25-26-27-28-29-30-31-32-33-34-35-36-37-38-39-40-41-42-43-44-45-46-48-50-52-54-56-58-64(68)65-62(61-72-73(69,70)71-60-59-66(3,4)5)63(67)57-55-53-51-49-47-19-17-15-13-11-9-7-2/h8,10,14,16,20-21,23-24,26-27,29-30,32-33,35-36,38-39,41-42,47,49,55,57,62-63,67H,6-7,9,11-13,15,17-19,22,25,28,31,34,37,40,43-46,48,50-54,56,58-61H2,1-5H3,(H-,65,68,69,70)/p+1/b10-8-,16-14-,21-20-,24-23-,27-26-,30-29-,33-32-,36-35-,39-38-,42-41-,49-47+,57-55+. The number of amides is 1. The van der Waals surface area contributed by atoms with Gasteiger partial charge in [-0.25, -0.2) is 4.57 Å². The van der Waals surface area contributed by atoms with Crippen LogP contribution in [0.15, 0.2) is 146 Å². The van der Waals surface area contributed by atoms with Crippen molar-refractivity contribution >= 4 is 13.7 Å². The molecule has 0 aromatic heterocycles. The minimum atomic E-state index is -4.36. The quantitative estimate of drug-likeness (QED) is 0.0243. The Balaban J connectivity index is 4.15. The molecule has 0 aliphatic heterocycles. The molecule has 0 saturated heterocycles. The highest BCUT2D eigenvalue weighted by molar-refractivity contribution is 7.47. The highest BCUT2D eigenvalue weighted by atomic mass is 31.2. The van der Waals surface area contributed by atoms with E-state index in [0.717, 1.165) is 116 Å². The topological polar surface area (TPSA) is 105 Å². The Bertz CT molecular complexity index is 1690. The van der Waals surface area contributed by atoms with Gasteiger partial charge in [-0.1, -0.05) is 230 Å². The third-order valence-corrected chi connectivity index (χ3v) is 12.8. The maximum Gasteiger partial charge on any atom is 0.472 e. The van der Waals surface area contributed by atoms with Crippen LogP contribution in [0.3, 0.4) is 0 Å². The van der Waals surface area contributed by atoms with Gasteiger partial charge in [-0.15, -0.1) is 0 Å². The Kier molecular flexibility index (Phi) is 50.6. The molecule has 414 valence electrons. The predicted molar refractivity (Wildman–Crippen MR) is 317 cm³/mol. The summed E-state index contributed by atoms with van der Waals surface area (Å²) >= 11 is 0. The first-order valence-electron chi connectivity index (χ1n) is 28.7. The molecule has 0 saturated carbocycles. The molecule has 0 aliphatic rings. The minimum absolute atomic E-state index is 0.0469. The molecule has 0 spiro atoms. The van der Waals surface area contributed by atoms with Crippen molar-refractivity contribution in [2.24, 2.45) is 0 Å². The van der Waals surface area contributed by atoms with E-state index in [2.05, 4.69) is 153 Å². The minimum Gasteiger partial charge on any atom is -0.387 e. The van der Waals surface area contributed by atoms with Crippen LogP contribution in [-0.4, -0.2) is 73.4 Å². The van der Waals surface area contributed by atoms with Crippen LogP contribution in [0, 0.1) is 0 Å². The van der Waals surface area contributed by atoms with Crippen molar-refractivity contribution in [2.75, 3.05) is 40.9 Å². The summed E-state index contributed by atoms with van der Waals surface area (Å²) in [5.74, 6) is -0.204. The predicted octanol–water partition coefficient (Wildman–Crippen LogP) is 17.7. The van der Waals surface area contributed by atoms with Crippen LogP contribution < -0.4 is 5.32 Å². The van der Waals surface area contributed by atoms with Gasteiger partial charge in [-0.05, 0) is 109 Å². The van der Waals surface area contributed by atoms with Crippen molar-refractivity contribution < 1.29 is 32.9 Å². The summed E-state index contributed by atoms with van der Waals surface area (Å²) in [4.78, 5) is 23.2. The molecule has 73 heavy (non-hydrogen) atoms. The van der Waals surface area contributed by atoms with Crippen molar-refractivity contribution in [1.82, 2.24) is 5.32 Å². The van der Waals surface area contributed by atoms with Gasteiger partial charge in [0.25, 0.3) is 0 Å². The first-order chi connectivity index (χ1) is 35.5. The van der Waals surface area contributed by atoms with Crippen LogP contribution >= 0.6 is 7.82 Å². The van der Waals surface area contributed by atoms with Crippen molar-refractivity contribution in [3.05, 3.63) is 146 Å². The van der Waals surface area contributed by atoms with E-state index < -0.39 is 20.0 Å². The largest absolute Gasteiger partial charge is 0.472 e. The van der Waals surface area contributed by atoms with Crippen LogP contribution in [0.1, 0.15) is 200 Å². The van der Waals surface area contributed by atoms with E-state index in [1.165, 1.54) is 64.2 Å². The lowest BCUT2D eigenvalue weighted by atomic mass is 10.1. The number of likely N-dealkylation sites (N-methyl/N-ethyl adjacent to an activating group) is 1. The van der Waals surface area contributed by atoms with Crippen molar-refractivity contribution in [2.45, 2.75) is 212 Å². The zero-order chi connectivity index (χ0) is 53.5. The van der Waals surface area contributed by atoms with Crippen molar-refractivity contribution in [3.63, 3.8) is 0 Å². The highest BCUT2D eigenvalue weighted by Gasteiger charge is 2.27. The van der Waals surface area contributed by atoms with Crippen molar-refractivity contribution in [3.8, 4) is 0 Å². The number of phosphoric ester groups is 1. The van der Waals surface area contributed by atoms with E-state index in [9.17, 15) is 19.4 Å². The summed E-state index contributed by atoms with van der Waals surface area (Å²) in [6.07, 6.45) is 82.4. The molecule has 3 unspecified atom stereocenters. The number of nitrogens with zero attached hydrogens (tertiary/aromatic N) is 1. The number of carbonyl (C=O) groups excluding carboxylic acids is 1. The fraction of sp³-hybridized carbons (Fsp3) is 0.609. The second-order valence-corrected chi connectivity index (χ2v) is 21.4. The van der Waals surface area contributed by atoms with Crippen LogP contribution in [-0.2, 0) is 18.4 Å². The second-order valence-electron chi connectivity index (χ2n) is 19.9. The Morgan fingerprint density at radius 1 is 0.479 bits per heavy atom. The summed E-state index contributed by atoms with van der Waals surface area (Å²) in [6.45, 7) is 4.63. The van der Waals surface area contributed by atoms with E-state index in [1.54, 1.807) is 6.08 Å². The molecule has 3 atom stereocenters. The first-order valence-corrected chi connectivity index (χ1v) is 30.2. The number of allylic oxidation sites excluding steroid dienone is 23. The molecule has 0 rings (SSSR count). The lowest BCUT2D eigenvalue weighted by molar-refractivity contribution is -0.870. The van der Waals surface area contributed by atoms with E-state index >= 15 is 0 Å². The number of unbranched alkanes of at least 4 members (excludes halogenated alkanes) is 15. The third-order valence-electron chi connectivity index (χ3n) is 11.8. The molecular formula is C64H108N2O6P+. The molecule has 8 nitrogen and oxygen atoms in total. The van der Waals surface area contributed by atoms with E-state index in [0.29, 0.717) is 17.4 Å². The summed E-state index contributed by atoms with van der Waals surface area (Å²) in [5.41, 5.74) is 0. The first kappa shape index (κ1) is 69.4. The number of aliphatic hydroxyl groups excluding tert-OH is 1. The summed E-state index contributed by atoms with van der Waals surface area (Å²) in [6, 6.07) is -0.877. The molecular weight excluding hydrogens is 924 g/mol. The molecule has 0 aliphatic carbocycles. The fourth-order valence-electron chi connectivity index (χ4n) is 7.32. The zero-order valence-corrected chi connectivity index (χ0v) is 48.0. The Morgan fingerprint density at radius 2 is 0.836 bits per heavy atom. The molecule has 0 bridgehead atoms. The number of hydrogen-bond donors (Lipinski definition) is 3. The Morgan fingerprint density at radius 3 is 1.26 bits per heavy atom. The highest BCUT2D eigenvalue weighted by Crippen LogP contribution is 2.43. The maximum atomic E-state index is 12.9. The van der Waals surface area contributed by atoms with Crippen LogP contribution in [0.2, 0.25) is 0 Å². The molecule has 0 heterocycles. The number of hydrogen-bond acceptors (Lipinski definition) is 5. The van der Waals surface area contributed by atoms with Crippen LogP contribution in [0.25, 0.3) is 0 Å². The average molecular weight is 1030 g/mol. The lowest BCUT2D eigenvalue weighted by Crippen LogP contribution is -2.45. The van der Waals surface area contributed by atoms with Gasteiger partial charge in [0.1, 0.15) is 13.2 Å². The van der Waals surface area contributed by atoms with Gasteiger partial charge in [-0.3, -0.25) is 13.8 Å². The normalized spacial score (nSPS) is 15.0. The van der Waals surface area contributed by atoms with E-state index in [-0.39, 0.29) is 19.1 Å². The van der Waals surface area contributed by atoms with Gasteiger partial charge < -0.3 is 19.8 Å². The molecule has 0 fully saturated rings. The van der Waals surface area contributed by atoms with Gasteiger partial charge >= 0.3 is 7.82 Å². The van der Waals surface area contributed by atoms with Crippen LogP contribution in [0.5, 0.6) is 0 Å². The van der Waals surface area contributed by atoms with Gasteiger partial charge in [0.15, 0.2) is 0 Å². The summed E-state index contributed by atoms with van der Waals surface area (Å²) in [7, 11) is 1.53. The monoisotopic (exact) mass is 1030 g/mol. The Hall–Kier alpha value is -3.62. The number of carbonyl (C=O) groups is 1. The molecule has 0 aromatic rings. The van der Waals surface area contributed by atoms with E-state index in [1.807, 2.05) is 27.2 Å². The van der Waals surface area contributed by atoms with Crippen LogP contribution in [0.4, 0.5) is 0 Å². The summed E-state index contributed by atoms with van der Waals surface area (Å²) < 4.78 is 23.6. The number of nitrogens with one attached hydrogen (secondary N) is 1. The van der Waals surface area contributed by atoms with Crippen molar-refractivity contribution in [1.29, 1.82) is 0 Å². The van der Waals surface area contributed by atoms with Gasteiger partial charge in [0, 0.05) is 6.42 Å². The van der Waals surface area contributed by atoms with Gasteiger partial charge in [-0.2, -0.15) is 0 Å². The zero-order valence-electron chi connectivity index (χ0n) is 47.1. The molecule has 0 radical (unpaired) electrons. The maximum absolute atomic E-state index is 12.9. The van der Waals surface area contributed by atoms with Gasteiger partial charge in [0.05, 0.1) is 39.9 Å². The SMILES string of the molecule is CC/C=C\C/C=C\C/C=C\C/C=C\C/C=C\C/C=C\C/C=C\C/C=C\C/C=C\C/C=C\CCCCCCCCCCC(=O)NC(COP(=O)(O)OCC[N+](C)(C)C)C(O)/C=C/CC/C=C/CCCCCCCC. The molecule has 3 N–H and O–H groups in total. The second kappa shape index (κ2) is 53.2. The molecule has 0 aromatic carbocycles. The number of quaternary nitrogens is 1. The number of phosphoric acid groups is 1. The van der Waals surface area contributed by atoms with Gasteiger partial charge in [0.2, 0.25) is 5.91 Å². The fourth-order valence-corrected chi connectivity index (χ4v) is 8.05. The molecule has 1 amide bonds. The number of aliphatic hydroxyl groups is 1. The average Bonchev–Trinajstić information content (AvgIpc) is 3.35. The molecule has 9 heteroatoms. The smallest absolute Gasteiger partial charge is 0.387 e. The third kappa shape index (κ3) is 56.0. The number of rotatable bonds is 50. The van der Waals surface area contributed by atoms with E-state index in [4.69, 9.17) is 9.05 Å². The summed E-state index contributed by atoms with van der Waals surface area (Å²) in [5, 5.41) is 13.8. The Labute approximate surface area is 449 Å². The lowest BCUT2D eigenvalue weighted by Gasteiger charge is -2.25.